The summed E-state index contributed by atoms with van der Waals surface area (Å²) in [6.45, 7) is 3.92. The predicted molar refractivity (Wildman–Crippen MR) is 135 cm³/mol. The summed E-state index contributed by atoms with van der Waals surface area (Å²) in [7, 11) is 5.07. The van der Waals surface area contributed by atoms with Crippen LogP contribution in [-0.2, 0) is 11.8 Å². The Morgan fingerprint density at radius 3 is 2.34 bits per heavy atom. The summed E-state index contributed by atoms with van der Waals surface area (Å²) in [4.78, 5) is 17.6. The number of hydrogen-bond acceptors (Lipinski definition) is 5. The number of aromatic nitrogens is 4. The first-order valence-corrected chi connectivity index (χ1v) is 11.2. The van der Waals surface area contributed by atoms with Crippen molar-refractivity contribution in [2.75, 3.05) is 14.2 Å². The number of amides is 1. The molecule has 2 aromatic heterocycles. The molecule has 0 unspecified atom stereocenters. The van der Waals surface area contributed by atoms with Gasteiger partial charge in [0, 0.05) is 42.8 Å². The molecule has 0 fully saturated rings. The molecule has 2 aromatic carbocycles. The zero-order valence-electron chi connectivity index (χ0n) is 20.5. The van der Waals surface area contributed by atoms with E-state index in [1.807, 2.05) is 78.8 Å². The number of benzene rings is 2. The maximum absolute atomic E-state index is 13.1. The fourth-order valence-corrected chi connectivity index (χ4v) is 4.01. The maximum Gasteiger partial charge on any atom is 0.244 e. The number of carbonyl (C=O) groups is 1. The summed E-state index contributed by atoms with van der Waals surface area (Å²) < 4.78 is 14.6. The van der Waals surface area contributed by atoms with Crippen LogP contribution in [0.5, 0.6) is 11.5 Å². The predicted octanol–water partition coefficient (Wildman–Crippen LogP) is 4.16. The highest BCUT2D eigenvalue weighted by Gasteiger charge is 2.22. The highest BCUT2D eigenvalue weighted by molar-refractivity contribution is 5.92. The van der Waals surface area contributed by atoms with Crippen molar-refractivity contribution >= 4 is 12.0 Å². The molecule has 0 spiro atoms. The lowest BCUT2D eigenvalue weighted by molar-refractivity contribution is -0.117. The minimum absolute atomic E-state index is 0.258. The van der Waals surface area contributed by atoms with Crippen LogP contribution in [0.25, 0.3) is 11.8 Å². The van der Waals surface area contributed by atoms with Gasteiger partial charge in [0.1, 0.15) is 23.4 Å². The van der Waals surface area contributed by atoms with E-state index in [4.69, 9.17) is 9.47 Å². The van der Waals surface area contributed by atoms with Crippen LogP contribution in [0.4, 0.5) is 0 Å². The largest absolute Gasteiger partial charge is 0.497 e. The van der Waals surface area contributed by atoms with Gasteiger partial charge in [-0.3, -0.25) is 4.79 Å². The quantitative estimate of drug-likeness (QED) is 0.390. The molecule has 8 nitrogen and oxygen atoms in total. The average Bonchev–Trinajstić information content (AvgIpc) is 3.43. The average molecular weight is 472 g/mol. The topological polar surface area (TPSA) is 83.2 Å². The molecular weight excluding hydrogens is 442 g/mol. The van der Waals surface area contributed by atoms with Gasteiger partial charge >= 0.3 is 0 Å². The third-order valence-corrected chi connectivity index (χ3v) is 5.86. The first-order valence-electron chi connectivity index (χ1n) is 11.2. The molecule has 4 aromatic rings. The number of nitrogens with one attached hydrogen (secondary N) is 1. The lowest BCUT2D eigenvalue weighted by Gasteiger charge is -2.20. The Balaban J connectivity index is 1.63. The van der Waals surface area contributed by atoms with E-state index in [2.05, 4.69) is 15.4 Å². The number of methoxy groups -OCH3 is 2. The Kier molecular flexibility index (Phi) is 7.01. The van der Waals surface area contributed by atoms with Crippen molar-refractivity contribution in [2.24, 2.45) is 7.05 Å². The van der Waals surface area contributed by atoms with Crippen LogP contribution in [0.2, 0.25) is 0 Å². The van der Waals surface area contributed by atoms with E-state index in [-0.39, 0.29) is 5.91 Å². The molecule has 0 radical (unpaired) electrons. The lowest BCUT2D eigenvalue weighted by Crippen LogP contribution is -2.29. The van der Waals surface area contributed by atoms with Crippen LogP contribution in [0.15, 0.2) is 67.0 Å². The first kappa shape index (κ1) is 23.8. The molecule has 0 aliphatic carbocycles. The van der Waals surface area contributed by atoms with Gasteiger partial charge in [-0.25, -0.2) is 9.67 Å². The molecular formula is C27H29N5O3. The molecule has 180 valence electrons. The number of nitrogens with zero attached hydrogens (tertiary/aromatic N) is 4. The lowest BCUT2D eigenvalue weighted by atomic mass is 10.0. The Morgan fingerprint density at radius 2 is 1.74 bits per heavy atom. The van der Waals surface area contributed by atoms with Crippen LogP contribution in [0.1, 0.15) is 34.4 Å². The van der Waals surface area contributed by atoms with Crippen molar-refractivity contribution in [3.05, 3.63) is 95.3 Å². The molecule has 1 amide bonds. The van der Waals surface area contributed by atoms with Gasteiger partial charge in [-0.05, 0) is 49.8 Å². The SMILES string of the molecule is COc1cc(OC)cc([C@H](NC(=O)/C=C/c2c(C)nn(-c3ccccc3)c2C)c2nccn2C)c1. The van der Waals surface area contributed by atoms with Crippen LogP contribution in [0.3, 0.4) is 0 Å². The number of imidazole rings is 1. The van der Waals surface area contributed by atoms with Crippen molar-refractivity contribution in [1.29, 1.82) is 0 Å². The maximum atomic E-state index is 13.1. The van der Waals surface area contributed by atoms with Crippen LogP contribution < -0.4 is 14.8 Å². The van der Waals surface area contributed by atoms with Crippen LogP contribution >= 0.6 is 0 Å². The third kappa shape index (κ3) is 5.11. The van der Waals surface area contributed by atoms with Gasteiger partial charge in [-0.1, -0.05) is 18.2 Å². The summed E-state index contributed by atoms with van der Waals surface area (Å²) in [5, 5.41) is 7.73. The minimum atomic E-state index is -0.509. The Hall–Kier alpha value is -4.33. The Labute approximate surface area is 204 Å². The van der Waals surface area contributed by atoms with Crippen molar-refractivity contribution in [3.8, 4) is 17.2 Å². The summed E-state index contributed by atoms with van der Waals surface area (Å²) in [5.74, 6) is 1.68. The monoisotopic (exact) mass is 471 g/mol. The van der Waals surface area contributed by atoms with E-state index in [0.717, 1.165) is 28.2 Å². The molecule has 2 heterocycles. The molecule has 0 bridgehead atoms. The molecule has 1 N–H and O–H groups in total. The molecule has 1 atom stereocenters. The third-order valence-electron chi connectivity index (χ3n) is 5.86. The summed E-state index contributed by atoms with van der Waals surface area (Å²) in [6.07, 6.45) is 6.87. The van der Waals surface area contributed by atoms with Crippen LogP contribution in [-0.4, -0.2) is 39.5 Å². The highest BCUT2D eigenvalue weighted by Crippen LogP contribution is 2.29. The number of hydrogen-bond donors (Lipinski definition) is 1. The van der Waals surface area contributed by atoms with E-state index in [1.165, 1.54) is 6.08 Å². The summed E-state index contributed by atoms with van der Waals surface area (Å²) in [6, 6.07) is 14.9. The molecule has 35 heavy (non-hydrogen) atoms. The van der Waals surface area contributed by atoms with Gasteiger partial charge in [0.05, 0.1) is 25.6 Å². The van der Waals surface area contributed by atoms with Gasteiger partial charge < -0.3 is 19.4 Å². The molecule has 0 saturated carbocycles. The van der Waals surface area contributed by atoms with Gasteiger partial charge in [-0.2, -0.15) is 5.10 Å². The van der Waals surface area contributed by atoms with Crippen LogP contribution in [0, 0.1) is 13.8 Å². The van der Waals surface area contributed by atoms with Gasteiger partial charge in [-0.15, -0.1) is 0 Å². The van der Waals surface area contributed by atoms with E-state index in [0.29, 0.717) is 17.3 Å². The second-order valence-electron chi connectivity index (χ2n) is 8.15. The fraction of sp³-hybridized carbons (Fsp3) is 0.222. The zero-order valence-corrected chi connectivity index (χ0v) is 20.5. The zero-order chi connectivity index (χ0) is 24.9. The normalized spacial score (nSPS) is 12.0. The van der Waals surface area contributed by atoms with Crippen molar-refractivity contribution in [3.63, 3.8) is 0 Å². The summed E-state index contributed by atoms with van der Waals surface area (Å²) in [5.41, 5.74) is 4.46. The number of ether oxygens (including phenoxy) is 2. The minimum Gasteiger partial charge on any atom is -0.497 e. The second kappa shape index (κ2) is 10.3. The molecule has 8 heteroatoms. The molecule has 0 aliphatic heterocycles. The summed E-state index contributed by atoms with van der Waals surface area (Å²) >= 11 is 0. The van der Waals surface area contributed by atoms with Gasteiger partial charge in [0.25, 0.3) is 0 Å². The van der Waals surface area contributed by atoms with E-state index in [9.17, 15) is 4.79 Å². The highest BCUT2D eigenvalue weighted by atomic mass is 16.5. The van der Waals surface area contributed by atoms with Crippen molar-refractivity contribution in [1.82, 2.24) is 24.6 Å². The van der Waals surface area contributed by atoms with Gasteiger partial charge in [0.2, 0.25) is 5.91 Å². The number of para-hydroxylation sites is 1. The van der Waals surface area contributed by atoms with Crippen molar-refractivity contribution in [2.45, 2.75) is 19.9 Å². The van der Waals surface area contributed by atoms with Crippen molar-refractivity contribution < 1.29 is 14.3 Å². The molecule has 0 aliphatic rings. The molecule has 0 saturated heterocycles. The number of aryl methyl sites for hydroxylation is 2. The van der Waals surface area contributed by atoms with E-state index >= 15 is 0 Å². The Morgan fingerprint density at radius 1 is 1.06 bits per heavy atom. The van der Waals surface area contributed by atoms with E-state index in [1.54, 1.807) is 32.6 Å². The smallest absolute Gasteiger partial charge is 0.244 e. The van der Waals surface area contributed by atoms with E-state index < -0.39 is 6.04 Å². The number of carbonyl (C=O) groups excluding carboxylic acids is 1. The second-order valence-corrected chi connectivity index (χ2v) is 8.15. The Bertz CT molecular complexity index is 1330. The molecule has 4 rings (SSSR count). The first-order chi connectivity index (χ1) is 16.9. The number of rotatable bonds is 8. The standard InChI is InChI=1S/C27H29N5O3/c1-18-24(19(2)32(30-18)21-9-7-6-8-10-21)11-12-25(33)29-26(27-28-13-14-31(27)3)20-15-22(34-4)17-23(16-20)35-5/h6-17,26H,1-5H3,(H,29,33)/b12-11+/t26-/m0/s1. The van der Waals surface area contributed by atoms with Gasteiger partial charge in [0.15, 0.2) is 0 Å². The fourth-order valence-electron chi connectivity index (χ4n) is 4.01.